The van der Waals surface area contributed by atoms with Crippen LogP contribution >= 0.6 is 11.3 Å². The third-order valence-corrected chi connectivity index (χ3v) is 4.98. The number of urea groups is 1. The average Bonchev–Trinajstić information content (AvgIpc) is 3.36. The minimum absolute atomic E-state index is 0.114. The molecular formula is C14H17N7OS. The molecule has 9 heteroatoms. The van der Waals surface area contributed by atoms with Gasteiger partial charge in [0, 0.05) is 44.5 Å². The Morgan fingerprint density at radius 2 is 1.87 bits per heavy atom. The van der Waals surface area contributed by atoms with Crippen molar-refractivity contribution in [2.75, 3.05) is 36.4 Å². The van der Waals surface area contributed by atoms with Gasteiger partial charge in [-0.25, -0.2) is 14.8 Å². The van der Waals surface area contributed by atoms with Gasteiger partial charge in [-0.05, 0) is 18.9 Å². The maximum Gasteiger partial charge on any atom is 0.323 e. The Balaban J connectivity index is 1.31. The summed E-state index contributed by atoms with van der Waals surface area (Å²) in [6.45, 7) is 2.72. The van der Waals surface area contributed by atoms with E-state index in [4.69, 9.17) is 0 Å². The number of aromatic nitrogens is 4. The van der Waals surface area contributed by atoms with Crippen molar-refractivity contribution in [2.45, 2.75) is 18.8 Å². The van der Waals surface area contributed by atoms with Crippen LogP contribution in [-0.4, -0.2) is 57.3 Å². The molecule has 4 rings (SSSR count). The zero-order valence-electron chi connectivity index (χ0n) is 12.6. The number of hydrogen-bond donors (Lipinski definition) is 1. The highest BCUT2D eigenvalue weighted by molar-refractivity contribution is 7.15. The number of anilines is 2. The number of amides is 2. The fourth-order valence-electron chi connectivity index (χ4n) is 2.51. The minimum Gasteiger partial charge on any atom is -0.337 e. The molecule has 0 aromatic carbocycles. The lowest BCUT2D eigenvalue weighted by atomic mass is 10.3. The number of carbonyl (C=O) groups is 1. The van der Waals surface area contributed by atoms with Crippen molar-refractivity contribution < 1.29 is 4.79 Å². The largest absolute Gasteiger partial charge is 0.337 e. The molecule has 0 bridgehead atoms. The second-order valence-corrected chi connectivity index (χ2v) is 6.68. The summed E-state index contributed by atoms with van der Waals surface area (Å²) >= 11 is 1.48. The van der Waals surface area contributed by atoms with Crippen molar-refractivity contribution in [3.63, 3.8) is 0 Å². The Labute approximate surface area is 137 Å². The highest BCUT2D eigenvalue weighted by Crippen LogP contribution is 2.42. The van der Waals surface area contributed by atoms with Crippen molar-refractivity contribution in [3.05, 3.63) is 23.5 Å². The summed E-state index contributed by atoms with van der Waals surface area (Å²) in [5.74, 6) is 1.28. The van der Waals surface area contributed by atoms with Crippen LogP contribution in [0, 0.1) is 0 Å². The molecule has 8 nitrogen and oxygen atoms in total. The van der Waals surface area contributed by atoms with E-state index >= 15 is 0 Å². The van der Waals surface area contributed by atoms with E-state index in [1.54, 1.807) is 23.4 Å². The van der Waals surface area contributed by atoms with Gasteiger partial charge in [-0.15, -0.1) is 10.2 Å². The molecule has 23 heavy (non-hydrogen) atoms. The smallest absolute Gasteiger partial charge is 0.323 e. The van der Waals surface area contributed by atoms with Gasteiger partial charge >= 0.3 is 6.03 Å². The standard InChI is InChI=1S/C14H17N7OS/c22-14(17-13-19-18-11(23-13)10-2-3-10)21-8-6-20(7-9-21)12-15-4-1-5-16-12/h1,4-5,10H,2-3,6-9H2,(H,17,19,22). The summed E-state index contributed by atoms with van der Waals surface area (Å²) < 4.78 is 0. The molecule has 1 saturated heterocycles. The molecule has 1 N–H and O–H groups in total. The van der Waals surface area contributed by atoms with E-state index in [1.807, 2.05) is 0 Å². The highest BCUT2D eigenvalue weighted by atomic mass is 32.1. The number of rotatable bonds is 3. The molecule has 0 spiro atoms. The predicted octanol–water partition coefficient (Wildman–Crippen LogP) is 1.56. The average molecular weight is 331 g/mol. The lowest BCUT2D eigenvalue weighted by Crippen LogP contribution is -2.50. The molecule has 2 amide bonds. The normalized spacial score (nSPS) is 18.1. The molecule has 1 aliphatic heterocycles. The van der Waals surface area contributed by atoms with E-state index in [2.05, 4.69) is 30.4 Å². The summed E-state index contributed by atoms with van der Waals surface area (Å²) in [5, 5.41) is 12.7. The molecule has 120 valence electrons. The van der Waals surface area contributed by atoms with Crippen LogP contribution in [0.4, 0.5) is 15.9 Å². The van der Waals surface area contributed by atoms with E-state index < -0.39 is 0 Å². The first kappa shape index (κ1) is 14.3. The van der Waals surface area contributed by atoms with Gasteiger partial charge in [-0.1, -0.05) is 11.3 Å². The summed E-state index contributed by atoms with van der Waals surface area (Å²) in [7, 11) is 0. The van der Waals surface area contributed by atoms with Crippen LogP contribution in [0.1, 0.15) is 23.8 Å². The number of hydrogen-bond acceptors (Lipinski definition) is 7. The molecule has 3 heterocycles. The topological polar surface area (TPSA) is 87.1 Å². The SMILES string of the molecule is O=C(Nc1nnc(C2CC2)s1)N1CCN(c2ncccn2)CC1. The van der Waals surface area contributed by atoms with Crippen molar-refractivity contribution in [3.8, 4) is 0 Å². The van der Waals surface area contributed by atoms with E-state index in [-0.39, 0.29) is 6.03 Å². The molecule has 1 saturated carbocycles. The second kappa shape index (κ2) is 6.07. The molecule has 0 unspecified atom stereocenters. The predicted molar refractivity (Wildman–Crippen MR) is 86.7 cm³/mol. The monoisotopic (exact) mass is 331 g/mol. The van der Waals surface area contributed by atoms with Gasteiger partial charge in [0.25, 0.3) is 0 Å². The lowest BCUT2D eigenvalue weighted by molar-refractivity contribution is 0.208. The number of nitrogens with one attached hydrogen (secondary N) is 1. The van der Waals surface area contributed by atoms with Gasteiger partial charge in [0.2, 0.25) is 11.1 Å². The Hall–Kier alpha value is -2.29. The quantitative estimate of drug-likeness (QED) is 0.918. The van der Waals surface area contributed by atoms with Gasteiger partial charge in [0.1, 0.15) is 5.01 Å². The van der Waals surface area contributed by atoms with E-state index in [1.165, 1.54) is 24.2 Å². The number of carbonyl (C=O) groups excluding carboxylic acids is 1. The first-order chi connectivity index (χ1) is 11.3. The molecule has 2 aliphatic rings. The maximum atomic E-state index is 12.3. The molecule has 2 fully saturated rings. The summed E-state index contributed by atoms with van der Waals surface area (Å²) in [6, 6.07) is 1.68. The van der Waals surface area contributed by atoms with E-state index in [0.717, 1.165) is 18.1 Å². The van der Waals surface area contributed by atoms with Crippen LogP contribution in [0.2, 0.25) is 0 Å². The second-order valence-electron chi connectivity index (χ2n) is 5.67. The third kappa shape index (κ3) is 3.24. The highest BCUT2D eigenvalue weighted by Gasteiger charge is 2.28. The Morgan fingerprint density at radius 1 is 1.13 bits per heavy atom. The molecule has 2 aromatic rings. The zero-order valence-corrected chi connectivity index (χ0v) is 13.4. The van der Waals surface area contributed by atoms with Crippen LogP contribution in [-0.2, 0) is 0 Å². The van der Waals surface area contributed by atoms with Gasteiger partial charge in [0.15, 0.2) is 0 Å². The summed E-state index contributed by atoms with van der Waals surface area (Å²) in [6.07, 6.45) is 5.83. The van der Waals surface area contributed by atoms with Gasteiger partial charge in [-0.2, -0.15) is 0 Å². The van der Waals surface area contributed by atoms with Crippen LogP contribution in [0.15, 0.2) is 18.5 Å². The summed E-state index contributed by atoms with van der Waals surface area (Å²) in [4.78, 5) is 24.7. The Kier molecular flexibility index (Phi) is 3.78. The number of piperazine rings is 1. The maximum absolute atomic E-state index is 12.3. The van der Waals surface area contributed by atoms with Crippen molar-refractivity contribution in [1.82, 2.24) is 25.1 Å². The Bertz CT molecular complexity index is 679. The molecular weight excluding hydrogens is 314 g/mol. The first-order valence-electron chi connectivity index (χ1n) is 7.71. The van der Waals surface area contributed by atoms with Crippen molar-refractivity contribution in [1.29, 1.82) is 0 Å². The van der Waals surface area contributed by atoms with Gasteiger partial charge in [0.05, 0.1) is 0 Å². The molecule has 0 radical (unpaired) electrons. The van der Waals surface area contributed by atoms with E-state index in [0.29, 0.717) is 30.1 Å². The third-order valence-electron chi connectivity index (χ3n) is 3.98. The fourth-order valence-corrected chi connectivity index (χ4v) is 3.42. The van der Waals surface area contributed by atoms with Crippen LogP contribution < -0.4 is 10.2 Å². The number of nitrogens with zero attached hydrogens (tertiary/aromatic N) is 6. The Morgan fingerprint density at radius 3 is 2.57 bits per heavy atom. The van der Waals surface area contributed by atoms with Crippen molar-refractivity contribution >= 4 is 28.4 Å². The fraction of sp³-hybridized carbons (Fsp3) is 0.500. The van der Waals surface area contributed by atoms with Gasteiger partial charge in [-0.3, -0.25) is 5.32 Å². The molecule has 2 aromatic heterocycles. The summed E-state index contributed by atoms with van der Waals surface area (Å²) in [5.41, 5.74) is 0. The van der Waals surface area contributed by atoms with Gasteiger partial charge < -0.3 is 9.80 Å². The molecule has 0 atom stereocenters. The minimum atomic E-state index is -0.114. The molecule has 1 aliphatic carbocycles. The van der Waals surface area contributed by atoms with Crippen LogP contribution in [0.3, 0.4) is 0 Å². The van der Waals surface area contributed by atoms with Crippen molar-refractivity contribution in [2.24, 2.45) is 0 Å². The van der Waals surface area contributed by atoms with Crippen LogP contribution in [0.5, 0.6) is 0 Å². The lowest BCUT2D eigenvalue weighted by Gasteiger charge is -2.34. The van der Waals surface area contributed by atoms with E-state index in [9.17, 15) is 4.79 Å². The van der Waals surface area contributed by atoms with Crippen LogP contribution in [0.25, 0.3) is 0 Å². The first-order valence-corrected chi connectivity index (χ1v) is 8.52. The zero-order chi connectivity index (χ0) is 15.6.